The van der Waals surface area contributed by atoms with Crippen LogP contribution in [0.4, 0.5) is 5.69 Å². The predicted molar refractivity (Wildman–Crippen MR) is 68.0 cm³/mol. The average molecular weight is 219 g/mol. The largest absolute Gasteiger partial charge is 0.394 e. The number of benzene rings is 1. The zero-order valence-corrected chi connectivity index (χ0v) is 10.2. The number of anilines is 1. The summed E-state index contributed by atoms with van der Waals surface area (Å²) in [5.41, 5.74) is 3.92. The Bertz CT molecular complexity index is 362. The molecule has 1 saturated heterocycles. The number of piperidine rings is 1. The third-order valence-corrected chi connectivity index (χ3v) is 3.50. The van der Waals surface area contributed by atoms with E-state index in [9.17, 15) is 5.11 Å². The summed E-state index contributed by atoms with van der Waals surface area (Å²) in [7, 11) is 0. The highest BCUT2D eigenvalue weighted by Gasteiger charge is 2.22. The van der Waals surface area contributed by atoms with E-state index >= 15 is 0 Å². The number of aliphatic hydroxyl groups excluding tert-OH is 1. The van der Waals surface area contributed by atoms with E-state index < -0.39 is 0 Å². The fourth-order valence-corrected chi connectivity index (χ4v) is 2.64. The van der Waals surface area contributed by atoms with E-state index in [1.54, 1.807) is 0 Å². The van der Waals surface area contributed by atoms with E-state index in [2.05, 4.69) is 36.9 Å². The van der Waals surface area contributed by atoms with E-state index in [1.165, 1.54) is 29.7 Å². The molecule has 1 fully saturated rings. The molecule has 88 valence electrons. The van der Waals surface area contributed by atoms with E-state index in [-0.39, 0.29) is 6.61 Å². The lowest BCUT2D eigenvalue weighted by Crippen LogP contribution is -2.42. The Hall–Kier alpha value is -1.02. The molecular formula is C14H21NO. The van der Waals surface area contributed by atoms with E-state index in [0.29, 0.717) is 6.04 Å². The van der Waals surface area contributed by atoms with Gasteiger partial charge in [0.2, 0.25) is 0 Å². The van der Waals surface area contributed by atoms with Crippen LogP contribution in [0.15, 0.2) is 18.2 Å². The van der Waals surface area contributed by atoms with Crippen LogP contribution in [0.1, 0.15) is 30.4 Å². The first-order valence-corrected chi connectivity index (χ1v) is 6.17. The van der Waals surface area contributed by atoms with Gasteiger partial charge in [-0.25, -0.2) is 0 Å². The smallest absolute Gasteiger partial charge is 0.0635 e. The molecule has 0 saturated carbocycles. The third kappa shape index (κ3) is 2.22. The summed E-state index contributed by atoms with van der Waals surface area (Å²) in [6.07, 6.45) is 3.60. The van der Waals surface area contributed by atoms with Crippen molar-refractivity contribution in [3.05, 3.63) is 29.3 Å². The van der Waals surface area contributed by atoms with Crippen molar-refractivity contribution < 1.29 is 5.11 Å². The Morgan fingerprint density at radius 1 is 1.31 bits per heavy atom. The zero-order valence-electron chi connectivity index (χ0n) is 10.2. The summed E-state index contributed by atoms with van der Waals surface area (Å²) in [5, 5.41) is 9.43. The number of hydrogen-bond donors (Lipinski definition) is 1. The molecule has 0 radical (unpaired) electrons. The summed E-state index contributed by atoms with van der Waals surface area (Å²) in [4.78, 5) is 2.37. The molecule has 0 aliphatic carbocycles. The van der Waals surface area contributed by atoms with Crippen LogP contribution in [0.5, 0.6) is 0 Å². The lowest BCUT2D eigenvalue weighted by molar-refractivity contribution is 0.240. The van der Waals surface area contributed by atoms with Crippen molar-refractivity contribution in [3.8, 4) is 0 Å². The molecule has 1 atom stereocenters. The predicted octanol–water partition coefficient (Wildman–Crippen LogP) is 2.65. The minimum atomic E-state index is 0.271. The Morgan fingerprint density at radius 2 is 2.12 bits per heavy atom. The monoisotopic (exact) mass is 219 g/mol. The number of aryl methyl sites for hydroxylation is 2. The Balaban J connectivity index is 2.27. The number of hydrogen-bond acceptors (Lipinski definition) is 2. The summed E-state index contributed by atoms with van der Waals surface area (Å²) in [6.45, 7) is 5.63. The molecule has 0 aromatic heterocycles. The molecule has 1 N–H and O–H groups in total. The SMILES string of the molecule is Cc1ccc(N2CCCCC2CO)c(C)c1. The molecule has 1 aromatic carbocycles. The Kier molecular flexibility index (Phi) is 3.49. The fraction of sp³-hybridized carbons (Fsp3) is 0.571. The summed E-state index contributed by atoms with van der Waals surface area (Å²) < 4.78 is 0. The van der Waals surface area contributed by atoms with Gasteiger partial charge in [-0.15, -0.1) is 0 Å². The van der Waals surface area contributed by atoms with Gasteiger partial charge in [0, 0.05) is 12.2 Å². The van der Waals surface area contributed by atoms with E-state index in [4.69, 9.17) is 0 Å². The number of aliphatic hydroxyl groups is 1. The van der Waals surface area contributed by atoms with Crippen molar-refractivity contribution in [2.24, 2.45) is 0 Å². The van der Waals surface area contributed by atoms with Crippen molar-refractivity contribution in [2.45, 2.75) is 39.2 Å². The minimum Gasteiger partial charge on any atom is -0.394 e. The van der Waals surface area contributed by atoms with Crippen molar-refractivity contribution in [1.29, 1.82) is 0 Å². The Morgan fingerprint density at radius 3 is 2.81 bits per heavy atom. The van der Waals surface area contributed by atoms with Crippen LogP contribution in [-0.4, -0.2) is 24.3 Å². The first-order chi connectivity index (χ1) is 7.72. The highest BCUT2D eigenvalue weighted by molar-refractivity contribution is 5.55. The molecule has 2 heteroatoms. The first-order valence-electron chi connectivity index (χ1n) is 6.17. The molecule has 0 spiro atoms. The van der Waals surface area contributed by atoms with E-state index in [0.717, 1.165) is 13.0 Å². The maximum absolute atomic E-state index is 9.43. The number of rotatable bonds is 2. The van der Waals surface area contributed by atoms with E-state index in [1.807, 2.05) is 0 Å². The molecule has 16 heavy (non-hydrogen) atoms. The standard InChI is InChI=1S/C14H21NO/c1-11-6-7-14(12(2)9-11)15-8-4-3-5-13(15)10-16/h6-7,9,13,16H,3-5,8,10H2,1-2H3. The van der Waals surface area contributed by atoms with Gasteiger partial charge in [-0.1, -0.05) is 17.7 Å². The van der Waals surface area contributed by atoms with Gasteiger partial charge in [-0.05, 0) is 44.7 Å². The second-order valence-corrected chi connectivity index (χ2v) is 4.82. The van der Waals surface area contributed by atoms with Crippen molar-refractivity contribution >= 4 is 5.69 Å². The molecule has 2 nitrogen and oxygen atoms in total. The van der Waals surface area contributed by atoms with Crippen molar-refractivity contribution in [2.75, 3.05) is 18.1 Å². The van der Waals surface area contributed by atoms with Crippen LogP contribution in [0, 0.1) is 13.8 Å². The molecule has 1 heterocycles. The molecular weight excluding hydrogens is 198 g/mol. The second-order valence-electron chi connectivity index (χ2n) is 4.82. The molecule has 0 amide bonds. The number of nitrogens with zero attached hydrogens (tertiary/aromatic N) is 1. The quantitative estimate of drug-likeness (QED) is 0.826. The minimum absolute atomic E-state index is 0.271. The van der Waals surface area contributed by atoms with Crippen LogP contribution in [0.2, 0.25) is 0 Å². The second kappa shape index (κ2) is 4.88. The normalized spacial score (nSPS) is 21.2. The molecule has 1 aliphatic rings. The van der Waals surface area contributed by atoms with Crippen LogP contribution in [0.25, 0.3) is 0 Å². The van der Waals surface area contributed by atoms with Crippen LogP contribution >= 0.6 is 0 Å². The average Bonchev–Trinajstić information content (AvgIpc) is 2.29. The molecule has 0 bridgehead atoms. The highest BCUT2D eigenvalue weighted by atomic mass is 16.3. The van der Waals surface area contributed by atoms with Gasteiger partial charge >= 0.3 is 0 Å². The van der Waals surface area contributed by atoms with Gasteiger partial charge in [0.15, 0.2) is 0 Å². The Labute approximate surface area is 97.9 Å². The molecule has 1 unspecified atom stereocenters. The topological polar surface area (TPSA) is 23.5 Å². The first kappa shape index (κ1) is 11.5. The van der Waals surface area contributed by atoms with Crippen LogP contribution < -0.4 is 4.90 Å². The van der Waals surface area contributed by atoms with Gasteiger partial charge in [-0.3, -0.25) is 0 Å². The lowest BCUT2D eigenvalue weighted by Gasteiger charge is -2.37. The summed E-state index contributed by atoms with van der Waals surface area (Å²) in [5.74, 6) is 0. The molecule has 1 aromatic rings. The molecule has 2 rings (SSSR count). The van der Waals surface area contributed by atoms with Crippen molar-refractivity contribution in [3.63, 3.8) is 0 Å². The van der Waals surface area contributed by atoms with Crippen LogP contribution in [0.3, 0.4) is 0 Å². The maximum Gasteiger partial charge on any atom is 0.0635 e. The van der Waals surface area contributed by atoms with Gasteiger partial charge < -0.3 is 10.0 Å². The van der Waals surface area contributed by atoms with Gasteiger partial charge in [0.05, 0.1) is 12.6 Å². The lowest BCUT2D eigenvalue weighted by atomic mass is 10.00. The summed E-state index contributed by atoms with van der Waals surface area (Å²) in [6, 6.07) is 6.89. The van der Waals surface area contributed by atoms with Gasteiger partial charge in [0.1, 0.15) is 0 Å². The fourth-order valence-electron chi connectivity index (χ4n) is 2.64. The zero-order chi connectivity index (χ0) is 11.5. The van der Waals surface area contributed by atoms with Gasteiger partial charge in [0.25, 0.3) is 0 Å². The van der Waals surface area contributed by atoms with Gasteiger partial charge in [-0.2, -0.15) is 0 Å². The van der Waals surface area contributed by atoms with Crippen molar-refractivity contribution in [1.82, 2.24) is 0 Å². The summed E-state index contributed by atoms with van der Waals surface area (Å²) >= 11 is 0. The third-order valence-electron chi connectivity index (χ3n) is 3.50. The van der Waals surface area contributed by atoms with Crippen LogP contribution in [-0.2, 0) is 0 Å². The molecule has 1 aliphatic heterocycles. The maximum atomic E-state index is 9.43. The highest BCUT2D eigenvalue weighted by Crippen LogP contribution is 2.28.